The summed E-state index contributed by atoms with van der Waals surface area (Å²) in [6.07, 6.45) is 1.88. The Kier molecular flexibility index (Phi) is 3.04. The van der Waals surface area contributed by atoms with Crippen molar-refractivity contribution in [3.05, 3.63) is 29.8 Å². The van der Waals surface area contributed by atoms with Gasteiger partial charge in [-0.15, -0.1) is 10.2 Å². The summed E-state index contributed by atoms with van der Waals surface area (Å²) in [6.45, 7) is 0. The smallest absolute Gasteiger partial charge is 0.313 e. The van der Waals surface area contributed by atoms with Gasteiger partial charge in [-0.3, -0.25) is 9.79 Å². The predicted molar refractivity (Wildman–Crippen MR) is 71.4 cm³/mol. The molecule has 7 heteroatoms. The molecule has 3 rings (SSSR count). The molecule has 0 aliphatic carbocycles. The highest BCUT2D eigenvalue weighted by molar-refractivity contribution is 7.99. The van der Waals surface area contributed by atoms with E-state index in [1.165, 1.54) is 0 Å². The van der Waals surface area contributed by atoms with Gasteiger partial charge in [-0.05, 0) is 11.6 Å². The van der Waals surface area contributed by atoms with Crippen molar-refractivity contribution in [2.45, 2.75) is 11.2 Å². The van der Waals surface area contributed by atoms with Crippen LogP contribution in [0.15, 0.2) is 34.4 Å². The number of aromatic amines is 1. The third-order valence-electron chi connectivity index (χ3n) is 2.60. The fraction of sp³-hybridized carbons (Fsp3) is 0.167. The Bertz CT molecular complexity index is 647. The highest BCUT2D eigenvalue weighted by Crippen LogP contribution is 2.27. The van der Waals surface area contributed by atoms with Crippen molar-refractivity contribution in [1.82, 2.24) is 15.2 Å². The summed E-state index contributed by atoms with van der Waals surface area (Å²) in [6, 6.07) is 8.09. The van der Waals surface area contributed by atoms with E-state index in [-0.39, 0.29) is 11.8 Å². The highest BCUT2D eigenvalue weighted by atomic mass is 32.2. The zero-order valence-electron chi connectivity index (χ0n) is 9.78. The van der Waals surface area contributed by atoms with E-state index >= 15 is 0 Å². The number of carboxylic acids is 1. The molecule has 1 aromatic carbocycles. The Morgan fingerprint density at radius 1 is 1.42 bits per heavy atom. The standard InChI is InChI=1S/C12H10N4O2S/c17-10(18)6-19-12-14-11(15-16-12)8-3-1-2-7(4-8)9-5-13-9/h1-5,9H,6H2,(H,17,18)(H,14,15,16). The molecular weight excluding hydrogens is 264 g/mol. The Morgan fingerprint density at radius 3 is 3.00 bits per heavy atom. The molecule has 0 saturated heterocycles. The third-order valence-corrected chi connectivity index (χ3v) is 3.45. The van der Waals surface area contributed by atoms with Gasteiger partial charge in [0.1, 0.15) is 6.04 Å². The number of hydrogen-bond donors (Lipinski definition) is 2. The Hall–Kier alpha value is -2.15. The van der Waals surface area contributed by atoms with Crippen LogP contribution in [0.5, 0.6) is 0 Å². The van der Waals surface area contributed by atoms with Crippen molar-refractivity contribution in [3.8, 4) is 11.4 Å². The first-order valence-corrected chi connectivity index (χ1v) is 6.62. The predicted octanol–water partition coefficient (Wildman–Crippen LogP) is 1.77. The molecule has 1 unspecified atom stereocenters. The molecule has 0 bridgehead atoms. The first-order chi connectivity index (χ1) is 9.22. The van der Waals surface area contributed by atoms with Gasteiger partial charge in [-0.1, -0.05) is 30.0 Å². The number of nitrogens with one attached hydrogen (secondary N) is 1. The van der Waals surface area contributed by atoms with Crippen LogP contribution in [0.3, 0.4) is 0 Å². The van der Waals surface area contributed by atoms with Crippen LogP contribution in [-0.4, -0.2) is 38.2 Å². The lowest BCUT2D eigenvalue weighted by molar-refractivity contribution is -0.133. The minimum atomic E-state index is -0.879. The van der Waals surface area contributed by atoms with Crippen LogP contribution in [0.1, 0.15) is 11.6 Å². The highest BCUT2D eigenvalue weighted by Gasteiger charge is 2.16. The Balaban J connectivity index is 1.78. The van der Waals surface area contributed by atoms with Crippen molar-refractivity contribution in [2.75, 3.05) is 5.75 Å². The summed E-state index contributed by atoms with van der Waals surface area (Å²) in [5, 5.41) is 17.1. The summed E-state index contributed by atoms with van der Waals surface area (Å²) in [5.41, 5.74) is 2.04. The van der Waals surface area contributed by atoms with E-state index in [0.717, 1.165) is 22.9 Å². The summed E-state index contributed by atoms with van der Waals surface area (Å²) >= 11 is 1.11. The molecule has 1 atom stereocenters. The first kappa shape index (κ1) is 11.9. The molecular formula is C12H10N4O2S. The van der Waals surface area contributed by atoms with Crippen molar-refractivity contribution >= 4 is 23.9 Å². The number of aromatic nitrogens is 3. The molecule has 1 aliphatic rings. The summed E-state index contributed by atoms with van der Waals surface area (Å²) in [4.78, 5) is 17.6. The molecule has 2 heterocycles. The van der Waals surface area contributed by atoms with Gasteiger partial charge in [0.05, 0.1) is 5.75 Å². The zero-order valence-corrected chi connectivity index (χ0v) is 10.6. The fourth-order valence-electron chi connectivity index (χ4n) is 1.66. The Labute approximate surface area is 113 Å². The quantitative estimate of drug-likeness (QED) is 0.811. The van der Waals surface area contributed by atoms with E-state index in [2.05, 4.69) is 20.2 Å². The summed E-state index contributed by atoms with van der Waals surface area (Å²) < 4.78 is 0. The number of aliphatic imine (C=N–C) groups is 1. The minimum absolute atomic E-state index is 0.0371. The van der Waals surface area contributed by atoms with E-state index in [9.17, 15) is 4.79 Å². The maximum Gasteiger partial charge on any atom is 0.313 e. The lowest BCUT2D eigenvalue weighted by atomic mass is 10.1. The number of thioether (sulfide) groups is 1. The average molecular weight is 274 g/mol. The molecule has 1 aromatic heterocycles. The van der Waals surface area contributed by atoms with Crippen molar-refractivity contribution < 1.29 is 9.90 Å². The second-order valence-corrected chi connectivity index (χ2v) is 4.99. The molecule has 2 aromatic rings. The van der Waals surface area contributed by atoms with E-state index in [4.69, 9.17) is 5.11 Å². The molecule has 0 saturated carbocycles. The fourth-order valence-corrected chi connectivity index (χ4v) is 2.18. The molecule has 0 amide bonds. The molecule has 6 nitrogen and oxygen atoms in total. The molecule has 2 N–H and O–H groups in total. The second-order valence-electron chi connectivity index (χ2n) is 4.03. The number of H-pyrrole nitrogens is 1. The number of hydrogen-bond acceptors (Lipinski definition) is 5. The van der Waals surface area contributed by atoms with Gasteiger partial charge in [0, 0.05) is 11.8 Å². The van der Waals surface area contributed by atoms with Crippen molar-refractivity contribution in [2.24, 2.45) is 4.99 Å². The normalized spacial score (nSPS) is 16.5. The van der Waals surface area contributed by atoms with Crippen LogP contribution < -0.4 is 0 Å². The lowest BCUT2D eigenvalue weighted by Crippen LogP contribution is -1.97. The van der Waals surface area contributed by atoms with Gasteiger partial charge in [-0.2, -0.15) is 0 Å². The van der Waals surface area contributed by atoms with Crippen LogP contribution in [0, 0.1) is 0 Å². The maximum absolute atomic E-state index is 10.5. The molecule has 96 valence electrons. The molecule has 0 radical (unpaired) electrons. The van der Waals surface area contributed by atoms with Crippen LogP contribution in [0.2, 0.25) is 0 Å². The van der Waals surface area contributed by atoms with Crippen LogP contribution >= 0.6 is 11.8 Å². The Morgan fingerprint density at radius 2 is 2.26 bits per heavy atom. The van der Waals surface area contributed by atoms with Crippen LogP contribution in [-0.2, 0) is 4.79 Å². The average Bonchev–Trinajstić information content (AvgIpc) is 3.15. The first-order valence-electron chi connectivity index (χ1n) is 5.63. The molecule has 19 heavy (non-hydrogen) atoms. The summed E-state index contributed by atoms with van der Waals surface area (Å²) in [5.74, 6) is -0.281. The molecule has 1 aliphatic heterocycles. The number of benzene rings is 1. The summed E-state index contributed by atoms with van der Waals surface area (Å²) in [7, 11) is 0. The molecule has 0 fully saturated rings. The number of carboxylic acid groups (broad SMARTS) is 1. The number of carbonyl (C=O) groups is 1. The van der Waals surface area contributed by atoms with Crippen molar-refractivity contribution in [1.29, 1.82) is 0 Å². The van der Waals surface area contributed by atoms with E-state index in [1.807, 2.05) is 30.5 Å². The number of aliphatic carboxylic acids is 1. The number of rotatable bonds is 5. The van der Waals surface area contributed by atoms with Gasteiger partial charge in [0.25, 0.3) is 0 Å². The van der Waals surface area contributed by atoms with E-state index in [1.54, 1.807) is 0 Å². The minimum Gasteiger partial charge on any atom is -0.481 e. The van der Waals surface area contributed by atoms with Gasteiger partial charge in [0.2, 0.25) is 0 Å². The second kappa shape index (κ2) is 4.85. The lowest BCUT2D eigenvalue weighted by Gasteiger charge is -2.00. The van der Waals surface area contributed by atoms with Crippen LogP contribution in [0.25, 0.3) is 11.4 Å². The van der Waals surface area contributed by atoms with Gasteiger partial charge < -0.3 is 10.1 Å². The largest absolute Gasteiger partial charge is 0.481 e. The maximum atomic E-state index is 10.5. The number of nitrogens with zero attached hydrogens (tertiary/aromatic N) is 3. The van der Waals surface area contributed by atoms with Gasteiger partial charge in [0.15, 0.2) is 11.0 Å². The monoisotopic (exact) mass is 274 g/mol. The third kappa shape index (κ3) is 2.82. The van der Waals surface area contributed by atoms with E-state index in [0.29, 0.717) is 11.0 Å². The van der Waals surface area contributed by atoms with Crippen molar-refractivity contribution in [3.63, 3.8) is 0 Å². The SMILES string of the molecule is O=C(O)CSc1nnc(-c2cccc(C3C=N3)c2)[nH]1. The van der Waals surface area contributed by atoms with Gasteiger partial charge >= 0.3 is 5.97 Å². The van der Waals surface area contributed by atoms with Crippen LogP contribution in [0.4, 0.5) is 0 Å². The zero-order chi connectivity index (χ0) is 13.2. The van der Waals surface area contributed by atoms with Gasteiger partial charge in [-0.25, -0.2) is 0 Å². The molecule has 0 spiro atoms. The van der Waals surface area contributed by atoms with E-state index < -0.39 is 5.97 Å². The topological polar surface area (TPSA) is 91.2 Å².